The molecule has 10 rings (SSSR count). The minimum Gasteiger partial charge on any atom is -0.436 e. The summed E-state index contributed by atoms with van der Waals surface area (Å²) in [6, 6.07) is 55.0. The number of benzene rings is 7. The van der Waals surface area contributed by atoms with Crippen LogP contribution in [0, 0.1) is 0 Å². The van der Waals surface area contributed by atoms with Crippen LogP contribution in [0.1, 0.15) is 22.3 Å². The molecular weight excluding hydrogens is 534 g/mol. The summed E-state index contributed by atoms with van der Waals surface area (Å²) >= 11 is 0. The van der Waals surface area contributed by atoms with Gasteiger partial charge in [0.05, 0.1) is 5.41 Å². The number of hydrogen-bond donors (Lipinski definition) is 0. The molecule has 2 nitrogen and oxygen atoms in total. The normalized spacial score (nSPS) is 13.6. The highest BCUT2D eigenvalue weighted by Gasteiger charge is 2.49. The Morgan fingerprint density at radius 3 is 1.73 bits per heavy atom. The summed E-state index contributed by atoms with van der Waals surface area (Å²) in [7, 11) is 0. The molecule has 0 amide bonds. The maximum absolute atomic E-state index is 6.16. The first-order valence-electron chi connectivity index (χ1n) is 15.1. The van der Waals surface area contributed by atoms with Crippen molar-refractivity contribution in [3.8, 4) is 44.8 Å². The second-order valence-electron chi connectivity index (χ2n) is 11.8. The maximum Gasteiger partial charge on any atom is 0.227 e. The highest BCUT2D eigenvalue weighted by Crippen LogP contribution is 2.62. The summed E-state index contributed by atoms with van der Waals surface area (Å²) in [5.74, 6) is 0.642. The molecule has 2 aliphatic rings. The summed E-state index contributed by atoms with van der Waals surface area (Å²) in [5, 5.41) is 2.58. The summed E-state index contributed by atoms with van der Waals surface area (Å²) in [6.07, 6.45) is 0. The van der Waals surface area contributed by atoms with E-state index in [0.717, 1.165) is 22.2 Å². The molecule has 0 bridgehead atoms. The van der Waals surface area contributed by atoms with Crippen molar-refractivity contribution in [2.45, 2.75) is 5.41 Å². The Hall–Kier alpha value is -5.73. The van der Waals surface area contributed by atoms with E-state index in [1.54, 1.807) is 0 Å². The van der Waals surface area contributed by atoms with Crippen LogP contribution in [0.4, 0.5) is 0 Å². The first-order chi connectivity index (χ1) is 21.8. The van der Waals surface area contributed by atoms with Gasteiger partial charge in [0.25, 0.3) is 0 Å². The van der Waals surface area contributed by atoms with E-state index in [1.807, 2.05) is 24.3 Å². The molecule has 2 heteroatoms. The van der Waals surface area contributed by atoms with Crippen LogP contribution in [0.5, 0.6) is 0 Å². The number of nitrogens with zero attached hydrogens (tertiary/aromatic N) is 1. The van der Waals surface area contributed by atoms with Crippen molar-refractivity contribution in [2.24, 2.45) is 0 Å². The van der Waals surface area contributed by atoms with Gasteiger partial charge >= 0.3 is 0 Å². The van der Waals surface area contributed by atoms with Crippen molar-refractivity contribution in [3.63, 3.8) is 0 Å². The fourth-order valence-corrected chi connectivity index (χ4v) is 8.02. The smallest absolute Gasteiger partial charge is 0.227 e. The quantitative estimate of drug-likeness (QED) is 0.211. The molecule has 0 atom stereocenters. The molecule has 0 saturated heterocycles. The maximum atomic E-state index is 6.16. The standard InChI is InChI=1S/C42H25NO/c1-4-17-34-29(13-1)30-14-2-5-18-35(30)42(34)36-19-6-3-15-31(36)33-24-23-28(32-16-10-20-37(42)40(32)33)26-11-9-12-27(25-26)41-43-38-21-7-8-22-39(38)44-41/h1-25H. The molecule has 0 unspecified atom stereocenters. The van der Waals surface area contributed by atoms with E-state index in [1.165, 1.54) is 60.8 Å². The minimum absolute atomic E-state index is 0.394. The van der Waals surface area contributed by atoms with E-state index >= 15 is 0 Å². The van der Waals surface area contributed by atoms with Gasteiger partial charge in [-0.1, -0.05) is 127 Å². The summed E-state index contributed by atoms with van der Waals surface area (Å²) in [5.41, 5.74) is 15.2. The van der Waals surface area contributed by atoms with E-state index in [2.05, 4.69) is 127 Å². The first-order valence-corrected chi connectivity index (χ1v) is 15.1. The zero-order chi connectivity index (χ0) is 28.8. The van der Waals surface area contributed by atoms with Crippen molar-refractivity contribution < 1.29 is 4.42 Å². The van der Waals surface area contributed by atoms with Crippen LogP contribution in [-0.2, 0) is 5.41 Å². The Bertz CT molecular complexity index is 2390. The molecule has 0 aliphatic heterocycles. The van der Waals surface area contributed by atoms with Gasteiger partial charge in [0.15, 0.2) is 5.58 Å². The molecule has 0 saturated carbocycles. The van der Waals surface area contributed by atoms with Gasteiger partial charge in [0.2, 0.25) is 5.89 Å². The average molecular weight is 560 g/mol. The molecule has 204 valence electrons. The lowest BCUT2D eigenvalue weighted by molar-refractivity contribution is 0.620. The van der Waals surface area contributed by atoms with Crippen LogP contribution >= 0.6 is 0 Å². The molecule has 0 radical (unpaired) electrons. The van der Waals surface area contributed by atoms with Gasteiger partial charge in [-0.05, 0) is 90.7 Å². The molecule has 0 fully saturated rings. The van der Waals surface area contributed by atoms with E-state index in [0.29, 0.717) is 5.89 Å². The van der Waals surface area contributed by atoms with Crippen molar-refractivity contribution in [2.75, 3.05) is 0 Å². The third-order valence-electron chi connectivity index (χ3n) is 9.73. The molecule has 44 heavy (non-hydrogen) atoms. The van der Waals surface area contributed by atoms with Crippen LogP contribution in [0.2, 0.25) is 0 Å². The van der Waals surface area contributed by atoms with E-state index in [-0.39, 0.29) is 0 Å². The summed E-state index contributed by atoms with van der Waals surface area (Å²) < 4.78 is 6.16. The molecule has 1 aromatic heterocycles. The van der Waals surface area contributed by atoms with E-state index in [9.17, 15) is 0 Å². The van der Waals surface area contributed by atoms with Crippen molar-refractivity contribution in [3.05, 3.63) is 174 Å². The minimum atomic E-state index is -0.394. The van der Waals surface area contributed by atoms with Crippen LogP contribution in [0.15, 0.2) is 156 Å². The summed E-state index contributed by atoms with van der Waals surface area (Å²) in [4.78, 5) is 4.78. The van der Waals surface area contributed by atoms with Gasteiger partial charge in [-0.25, -0.2) is 4.98 Å². The largest absolute Gasteiger partial charge is 0.436 e. The molecule has 1 spiro atoms. The molecular formula is C42H25NO. The number of para-hydroxylation sites is 2. The number of rotatable bonds is 2. The Morgan fingerprint density at radius 1 is 0.432 bits per heavy atom. The predicted octanol–water partition coefficient (Wildman–Crippen LogP) is 10.7. The van der Waals surface area contributed by atoms with Gasteiger partial charge in [0, 0.05) is 5.56 Å². The van der Waals surface area contributed by atoms with Crippen molar-refractivity contribution in [1.82, 2.24) is 4.98 Å². The van der Waals surface area contributed by atoms with Gasteiger partial charge < -0.3 is 4.42 Å². The average Bonchev–Trinajstić information content (AvgIpc) is 3.66. The van der Waals surface area contributed by atoms with E-state index < -0.39 is 5.41 Å². The molecule has 0 N–H and O–H groups in total. The SMILES string of the molecule is c1cc(-c2nc3ccccc3o2)cc(-c2ccc3c4c(cccc24)C2(c4ccccc4-c4ccccc42)c2ccccc2-3)c1. The number of hydrogen-bond acceptors (Lipinski definition) is 2. The second kappa shape index (κ2) is 8.65. The highest BCUT2D eigenvalue weighted by molar-refractivity contribution is 6.11. The Balaban J connectivity index is 1.27. The van der Waals surface area contributed by atoms with Crippen molar-refractivity contribution >= 4 is 21.9 Å². The topological polar surface area (TPSA) is 26.0 Å². The summed E-state index contributed by atoms with van der Waals surface area (Å²) in [6.45, 7) is 0. The molecule has 2 aliphatic carbocycles. The lowest BCUT2D eigenvalue weighted by Crippen LogP contribution is -2.31. The van der Waals surface area contributed by atoms with Crippen LogP contribution in [-0.4, -0.2) is 4.98 Å². The third kappa shape index (κ3) is 2.97. The van der Waals surface area contributed by atoms with Crippen LogP contribution in [0.3, 0.4) is 0 Å². The monoisotopic (exact) mass is 559 g/mol. The second-order valence-corrected chi connectivity index (χ2v) is 11.8. The van der Waals surface area contributed by atoms with Crippen LogP contribution < -0.4 is 0 Å². The van der Waals surface area contributed by atoms with Crippen LogP contribution in [0.25, 0.3) is 66.7 Å². The lowest BCUT2D eigenvalue weighted by atomic mass is 9.61. The molecule has 8 aromatic rings. The Labute approximate surface area is 254 Å². The Morgan fingerprint density at radius 2 is 1.00 bits per heavy atom. The van der Waals surface area contributed by atoms with Gasteiger partial charge in [0.1, 0.15) is 5.52 Å². The first kappa shape index (κ1) is 23.8. The number of fused-ring (bicyclic) bond motifs is 10. The Kier molecular flexibility index (Phi) is 4.68. The fourth-order valence-electron chi connectivity index (χ4n) is 8.02. The zero-order valence-electron chi connectivity index (χ0n) is 23.8. The fraction of sp³-hybridized carbons (Fsp3) is 0.0238. The van der Waals surface area contributed by atoms with Gasteiger partial charge in [-0.2, -0.15) is 0 Å². The van der Waals surface area contributed by atoms with Crippen molar-refractivity contribution in [1.29, 1.82) is 0 Å². The zero-order valence-corrected chi connectivity index (χ0v) is 23.8. The van der Waals surface area contributed by atoms with Gasteiger partial charge in [-0.3, -0.25) is 0 Å². The third-order valence-corrected chi connectivity index (χ3v) is 9.73. The molecule has 1 heterocycles. The predicted molar refractivity (Wildman–Crippen MR) is 179 cm³/mol. The lowest BCUT2D eigenvalue weighted by Gasteiger charge is -2.40. The highest BCUT2D eigenvalue weighted by atomic mass is 16.3. The number of aromatic nitrogens is 1. The number of oxazole rings is 1. The molecule has 7 aromatic carbocycles. The van der Waals surface area contributed by atoms with E-state index in [4.69, 9.17) is 9.40 Å². The van der Waals surface area contributed by atoms with Gasteiger partial charge in [-0.15, -0.1) is 0 Å².